The molecule has 2 aromatic carbocycles. The molecule has 0 atom stereocenters. The number of amidine groups is 1. The second-order valence-electron chi connectivity index (χ2n) is 9.40. The number of carboxylic acids is 1. The Bertz CT molecular complexity index is 1190. The number of ether oxygens (including phenoxy) is 2. The van der Waals surface area contributed by atoms with Crippen molar-refractivity contribution in [2.24, 2.45) is 0 Å². The Morgan fingerprint density at radius 3 is 2.37 bits per heavy atom. The number of hydrogen-bond acceptors (Lipinski definition) is 6. The number of benzene rings is 2. The number of ketones is 1. The summed E-state index contributed by atoms with van der Waals surface area (Å²) in [6, 6.07) is 4.56. The maximum Gasteiger partial charge on any atom is 0.307 e. The van der Waals surface area contributed by atoms with Gasteiger partial charge in [0.15, 0.2) is 23.1 Å². The van der Waals surface area contributed by atoms with Crippen molar-refractivity contribution in [2.45, 2.75) is 53.0 Å². The lowest BCUT2D eigenvalue weighted by Gasteiger charge is -2.23. The van der Waals surface area contributed by atoms with Crippen LogP contribution in [0.5, 0.6) is 17.2 Å². The van der Waals surface area contributed by atoms with Crippen LogP contribution in [0.25, 0.3) is 0 Å². The molecule has 0 bridgehead atoms. The molecule has 3 N–H and O–H groups in total. The van der Waals surface area contributed by atoms with Gasteiger partial charge < -0.3 is 24.6 Å². The van der Waals surface area contributed by atoms with Gasteiger partial charge in [0.05, 0.1) is 31.7 Å². The van der Waals surface area contributed by atoms with E-state index >= 15 is 4.39 Å². The van der Waals surface area contributed by atoms with Gasteiger partial charge in [0.1, 0.15) is 11.6 Å². The van der Waals surface area contributed by atoms with Crippen LogP contribution in [0.4, 0.5) is 4.39 Å². The van der Waals surface area contributed by atoms with E-state index in [0.717, 1.165) is 0 Å². The quantitative estimate of drug-likeness (QED) is 0.453. The van der Waals surface area contributed by atoms with Crippen LogP contribution in [-0.4, -0.2) is 52.5 Å². The zero-order valence-electron chi connectivity index (χ0n) is 20.6. The number of aliphatic carboxylic acids is 1. The number of phenols is 1. The molecule has 8 nitrogen and oxygen atoms in total. The fraction of sp³-hybridized carbons (Fsp3) is 0.423. The number of carboxylic acid groups (broad SMARTS) is 1. The Morgan fingerprint density at radius 1 is 1.14 bits per heavy atom. The van der Waals surface area contributed by atoms with Crippen LogP contribution in [0.2, 0.25) is 0 Å². The van der Waals surface area contributed by atoms with Crippen LogP contribution in [0.3, 0.4) is 0 Å². The lowest BCUT2D eigenvalue weighted by atomic mass is 9.83. The van der Waals surface area contributed by atoms with Gasteiger partial charge in [0, 0.05) is 23.2 Å². The molecule has 0 radical (unpaired) electrons. The molecule has 35 heavy (non-hydrogen) atoms. The molecule has 0 fully saturated rings. The molecule has 1 aliphatic rings. The van der Waals surface area contributed by atoms with Crippen molar-refractivity contribution < 1.29 is 33.7 Å². The highest BCUT2D eigenvalue weighted by Gasteiger charge is 2.33. The van der Waals surface area contributed by atoms with Crippen molar-refractivity contribution in [3.05, 3.63) is 51.8 Å². The van der Waals surface area contributed by atoms with Crippen LogP contribution < -0.4 is 9.47 Å². The summed E-state index contributed by atoms with van der Waals surface area (Å²) in [5.41, 5.74) is 0.851. The van der Waals surface area contributed by atoms with Crippen molar-refractivity contribution >= 4 is 17.6 Å². The molecule has 0 saturated heterocycles. The molecule has 0 unspecified atom stereocenters. The molecule has 188 valence electrons. The lowest BCUT2D eigenvalue weighted by molar-refractivity contribution is -0.136. The topological polar surface area (TPSA) is 120 Å². The SMILES string of the molecule is CCOc1cc2c(c(F)c1OCC)C(=N)N(CC(=O)c1cc(CC(=O)O)c(O)c(C(C)(C)C)c1)C2. The van der Waals surface area contributed by atoms with Gasteiger partial charge in [0.2, 0.25) is 0 Å². The van der Waals surface area contributed by atoms with Crippen molar-refractivity contribution in [1.29, 1.82) is 5.41 Å². The van der Waals surface area contributed by atoms with E-state index in [-0.39, 0.29) is 65.3 Å². The molecule has 1 heterocycles. The molecule has 0 amide bonds. The number of nitrogens with one attached hydrogen (secondary N) is 1. The predicted molar refractivity (Wildman–Crippen MR) is 128 cm³/mol. The maximum atomic E-state index is 15.3. The van der Waals surface area contributed by atoms with Gasteiger partial charge in [0.25, 0.3) is 0 Å². The van der Waals surface area contributed by atoms with Crippen LogP contribution in [0.1, 0.15) is 67.2 Å². The molecule has 2 aromatic rings. The minimum atomic E-state index is -1.13. The summed E-state index contributed by atoms with van der Waals surface area (Å²) in [5.74, 6) is -2.31. The van der Waals surface area contributed by atoms with Crippen LogP contribution in [-0.2, 0) is 23.2 Å². The highest BCUT2D eigenvalue weighted by Crippen LogP contribution is 2.39. The van der Waals surface area contributed by atoms with Crippen molar-refractivity contribution in [2.75, 3.05) is 19.8 Å². The zero-order chi connectivity index (χ0) is 26.1. The van der Waals surface area contributed by atoms with E-state index in [1.54, 1.807) is 26.0 Å². The number of rotatable bonds is 9. The van der Waals surface area contributed by atoms with Gasteiger partial charge in [-0.3, -0.25) is 15.0 Å². The van der Waals surface area contributed by atoms with E-state index in [1.807, 2.05) is 20.8 Å². The van der Waals surface area contributed by atoms with E-state index in [9.17, 15) is 19.8 Å². The Hall–Kier alpha value is -3.62. The third-order valence-corrected chi connectivity index (χ3v) is 5.77. The second kappa shape index (κ2) is 9.93. The van der Waals surface area contributed by atoms with Gasteiger partial charge in [-0.15, -0.1) is 0 Å². The Balaban J connectivity index is 1.95. The number of nitrogens with zero attached hydrogens (tertiary/aromatic N) is 1. The minimum absolute atomic E-state index is 0.0577. The van der Waals surface area contributed by atoms with Gasteiger partial charge in [-0.25, -0.2) is 4.39 Å². The summed E-state index contributed by atoms with van der Waals surface area (Å²) in [5, 5.41) is 28.4. The summed E-state index contributed by atoms with van der Waals surface area (Å²) >= 11 is 0. The van der Waals surface area contributed by atoms with Gasteiger partial charge in [-0.1, -0.05) is 20.8 Å². The molecule has 3 rings (SSSR count). The molecule has 0 aromatic heterocycles. The molecule has 0 spiro atoms. The fourth-order valence-corrected chi connectivity index (χ4v) is 4.15. The standard InChI is InChI=1S/C26H31FN2O6/c1-6-34-19-10-16-12-29(25(28)21(16)22(27)24(19)35-7-2)13-18(30)14-8-15(11-20(31)32)23(33)17(9-14)26(3,4)5/h8-10,28,33H,6-7,11-13H2,1-5H3,(H,31,32). The molecule has 0 aliphatic carbocycles. The third kappa shape index (κ3) is 5.23. The summed E-state index contributed by atoms with van der Waals surface area (Å²) in [6.45, 7) is 9.50. The molecule has 0 saturated carbocycles. The predicted octanol–water partition coefficient (Wildman–Crippen LogP) is 4.28. The van der Waals surface area contributed by atoms with Crippen LogP contribution in [0.15, 0.2) is 18.2 Å². The Morgan fingerprint density at radius 2 is 1.80 bits per heavy atom. The fourth-order valence-electron chi connectivity index (χ4n) is 4.15. The monoisotopic (exact) mass is 486 g/mol. The summed E-state index contributed by atoms with van der Waals surface area (Å²) in [4.78, 5) is 26.0. The van der Waals surface area contributed by atoms with Crippen LogP contribution in [0, 0.1) is 11.2 Å². The number of fused-ring (bicyclic) bond motifs is 1. The van der Waals surface area contributed by atoms with E-state index in [2.05, 4.69) is 0 Å². The van der Waals surface area contributed by atoms with E-state index in [4.69, 9.17) is 14.9 Å². The Kier molecular flexibility index (Phi) is 7.38. The number of phenolic OH excluding ortho intramolecular Hbond substituents is 1. The summed E-state index contributed by atoms with van der Waals surface area (Å²) in [7, 11) is 0. The highest BCUT2D eigenvalue weighted by molar-refractivity contribution is 6.06. The van der Waals surface area contributed by atoms with E-state index in [0.29, 0.717) is 17.7 Å². The first-order valence-electron chi connectivity index (χ1n) is 11.4. The smallest absolute Gasteiger partial charge is 0.307 e. The number of Topliss-reactive ketones (excluding diaryl/α,β-unsaturated/α-hetero) is 1. The van der Waals surface area contributed by atoms with Crippen molar-refractivity contribution in [3.63, 3.8) is 0 Å². The largest absolute Gasteiger partial charge is 0.507 e. The number of halogens is 1. The lowest BCUT2D eigenvalue weighted by Crippen LogP contribution is -2.30. The number of carbonyl (C=O) groups excluding carboxylic acids is 1. The van der Waals surface area contributed by atoms with Crippen molar-refractivity contribution in [1.82, 2.24) is 4.90 Å². The highest BCUT2D eigenvalue weighted by atomic mass is 19.1. The first-order chi connectivity index (χ1) is 16.4. The first-order valence-corrected chi connectivity index (χ1v) is 11.4. The average Bonchev–Trinajstić information content (AvgIpc) is 3.06. The van der Waals surface area contributed by atoms with Crippen molar-refractivity contribution in [3.8, 4) is 17.2 Å². The van der Waals surface area contributed by atoms with Gasteiger partial charge in [-0.05, 0) is 43.0 Å². The molecule has 9 heteroatoms. The van der Waals surface area contributed by atoms with Gasteiger partial charge >= 0.3 is 5.97 Å². The number of hydrogen-bond donors (Lipinski definition) is 3. The number of carbonyl (C=O) groups is 2. The van der Waals surface area contributed by atoms with E-state index < -0.39 is 23.6 Å². The number of aromatic hydroxyl groups is 1. The molecular weight excluding hydrogens is 455 g/mol. The van der Waals surface area contributed by atoms with Gasteiger partial charge in [-0.2, -0.15) is 0 Å². The Labute approximate surface area is 203 Å². The minimum Gasteiger partial charge on any atom is -0.507 e. The van der Waals surface area contributed by atoms with Crippen LogP contribution >= 0.6 is 0 Å². The second-order valence-corrected chi connectivity index (χ2v) is 9.40. The molecular formula is C26H31FN2O6. The molecule has 1 aliphatic heterocycles. The van der Waals surface area contributed by atoms with E-state index in [1.165, 1.54) is 11.0 Å². The zero-order valence-corrected chi connectivity index (χ0v) is 20.6. The summed E-state index contributed by atoms with van der Waals surface area (Å²) in [6.07, 6.45) is -0.438. The normalized spacial score (nSPS) is 13.1. The first kappa shape index (κ1) is 26.0. The summed E-state index contributed by atoms with van der Waals surface area (Å²) < 4.78 is 26.2. The maximum absolute atomic E-state index is 15.3. The third-order valence-electron chi connectivity index (χ3n) is 5.77. The average molecular weight is 487 g/mol.